The molecule has 0 saturated carbocycles. The number of fused-ring (bicyclic) bond motifs is 1. The Kier molecular flexibility index (Phi) is 5.29. The van der Waals surface area contributed by atoms with E-state index in [2.05, 4.69) is 30.2 Å². The van der Waals surface area contributed by atoms with E-state index < -0.39 is 6.23 Å². The summed E-state index contributed by atoms with van der Waals surface area (Å²) >= 11 is 0. The highest BCUT2D eigenvalue weighted by atomic mass is 16.5. The van der Waals surface area contributed by atoms with Crippen LogP contribution in [-0.2, 0) is 9.53 Å². The monoisotopic (exact) mass is 336 g/mol. The molecule has 1 atom stereocenters. The lowest BCUT2D eigenvalue weighted by molar-refractivity contribution is -0.127. The molecule has 0 fully saturated rings. The first-order valence-electron chi connectivity index (χ1n) is 8.71. The van der Waals surface area contributed by atoms with Crippen molar-refractivity contribution in [2.45, 2.75) is 33.4 Å². The Morgan fingerprint density at radius 2 is 1.92 bits per heavy atom. The fraction of sp³-hybridized carbons (Fsp3) is 0.333. The van der Waals surface area contributed by atoms with Gasteiger partial charge in [0, 0.05) is 11.1 Å². The molecule has 3 rings (SSSR count). The van der Waals surface area contributed by atoms with Crippen LogP contribution < -0.4 is 5.32 Å². The third-order valence-electron chi connectivity index (χ3n) is 4.18. The summed E-state index contributed by atoms with van der Waals surface area (Å²) in [5.41, 5.74) is 4.58. The van der Waals surface area contributed by atoms with E-state index in [9.17, 15) is 4.79 Å². The van der Waals surface area contributed by atoms with Gasteiger partial charge in [0.15, 0.2) is 0 Å². The molecule has 1 N–H and O–H groups in total. The quantitative estimate of drug-likeness (QED) is 0.891. The molecule has 4 nitrogen and oxygen atoms in total. The van der Waals surface area contributed by atoms with Crippen LogP contribution in [0.4, 0.5) is 5.69 Å². The van der Waals surface area contributed by atoms with Gasteiger partial charge in [-0.1, -0.05) is 55.8 Å². The normalized spacial score (nSPS) is 16.9. The van der Waals surface area contributed by atoms with Crippen molar-refractivity contribution in [3.63, 3.8) is 0 Å². The van der Waals surface area contributed by atoms with Crippen molar-refractivity contribution < 1.29 is 9.53 Å². The van der Waals surface area contributed by atoms with E-state index in [0.29, 0.717) is 12.5 Å². The molecule has 2 aromatic carbocycles. The molecule has 1 amide bonds. The second kappa shape index (κ2) is 7.62. The first-order valence-corrected chi connectivity index (χ1v) is 8.71. The van der Waals surface area contributed by atoms with Crippen LogP contribution in [0, 0.1) is 12.8 Å². The number of anilines is 1. The summed E-state index contributed by atoms with van der Waals surface area (Å²) in [7, 11) is 0. The number of ether oxygens (including phenoxy) is 1. The lowest BCUT2D eigenvalue weighted by Crippen LogP contribution is -2.28. The van der Waals surface area contributed by atoms with E-state index in [1.165, 1.54) is 0 Å². The predicted octanol–water partition coefficient (Wildman–Crippen LogP) is 4.17. The van der Waals surface area contributed by atoms with Gasteiger partial charge in [-0.25, -0.2) is 4.99 Å². The summed E-state index contributed by atoms with van der Waals surface area (Å²) in [6.07, 6.45) is 0.0631. The van der Waals surface area contributed by atoms with Gasteiger partial charge in [0.1, 0.15) is 0 Å². The van der Waals surface area contributed by atoms with Gasteiger partial charge in [0.25, 0.3) is 5.91 Å². The Morgan fingerprint density at radius 1 is 1.16 bits per heavy atom. The maximum absolute atomic E-state index is 12.6. The van der Waals surface area contributed by atoms with Crippen LogP contribution in [0.1, 0.15) is 37.0 Å². The molecule has 0 bridgehead atoms. The van der Waals surface area contributed by atoms with E-state index in [0.717, 1.165) is 34.5 Å². The molecule has 0 radical (unpaired) electrons. The molecule has 2 aromatic rings. The first-order chi connectivity index (χ1) is 12.0. The number of amides is 1. The van der Waals surface area contributed by atoms with Crippen molar-refractivity contribution in [2.75, 3.05) is 11.9 Å². The third kappa shape index (κ3) is 4.15. The highest BCUT2D eigenvalue weighted by molar-refractivity contribution is 6.19. The van der Waals surface area contributed by atoms with Crippen molar-refractivity contribution in [1.82, 2.24) is 0 Å². The van der Waals surface area contributed by atoms with Crippen molar-refractivity contribution in [3.8, 4) is 0 Å². The van der Waals surface area contributed by atoms with Crippen LogP contribution >= 0.6 is 0 Å². The van der Waals surface area contributed by atoms with Gasteiger partial charge in [-0.3, -0.25) is 4.79 Å². The number of benzodiazepines with no additional fused rings is 1. The molecule has 130 valence electrons. The predicted molar refractivity (Wildman–Crippen MR) is 101 cm³/mol. The number of aliphatic imine (C=N–C) groups is 1. The Hall–Kier alpha value is -2.46. The van der Waals surface area contributed by atoms with Crippen LogP contribution in [0.2, 0.25) is 0 Å². The summed E-state index contributed by atoms with van der Waals surface area (Å²) in [5, 5.41) is 2.96. The van der Waals surface area contributed by atoms with Gasteiger partial charge < -0.3 is 10.1 Å². The van der Waals surface area contributed by atoms with Crippen LogP contribution in [0.5, 0.6) is 0 Å². The molecule has 25 heavy (non-hydrogen) atoms. The van der Waals surface area contributed by atoms with Crippen molar-refractivity contribution in [3.05, 3.63) is 65.2 Å². The second-order valence-corrected chi connectivity index (χ2v) is 6.79. The number of nitrogens with one attached hydrogen (secondary N) is 1. The topological polar surface area (TPSA) is 50.7 Å². The molecule has 0 spiro atoms. The highest BCUT2D eigenvalue weighted by Gasteiger charge is 2.26. The molecule has 1 heterocycles. The van der Waals surface area contributed by atoms with E-state index >= 15 is 0 Å². The van der Waals surface area contributed by atoms with Gasteiger partial charge in [0.05, 0.1) is 18.0 Å². The maximum Gasteiger partial charge on any atom is 0.276 e. The smallest absolute Gasteiger partial charge is 0.276 e. The van der Waals surface area contributed by atoms with Crippen LogP contribution in [-0.4, -0.2) is 24.5 Å². The molecular formula is C21H24N2O2. The number of hydrogen-bond donors (Lipinski definition) is 1. The molecule has 0 aliphatic carbocycles. The molecule has 0 saturated heterocycles. The average molecular weight is 336 g/mol. The lowest BCUT2D eigenvalue weighted by atomic mass is 9.99. The Balaban J connectivity index is 2.01. The molecule has 1 aliphatic rings. The summed E-state index contributed by atoms with van der Waals surface area (Å²) in [6.45, 7) is 6.81. The molecular weight excluding hydrogens is 312 g/mol. The zero-order valence-electron chi connectivity index (χ0n) is 15.0. The van der Waals surface area contributed by atoms with Gasteiger partial charge in [0.2, 0.25) is 6.23 Å². The van der Waals surface area contributed by atoms with Crippen molar-refractivity contribution >= 4 is 17.3 Å². The average Bonchev–Trinajstić information content (AvgIpc) is 2.72. The van der Waals surface area contributed by atoms with Gasteiger partial charge in [-0.2, -0.15) is 0 Å². The third-order valence-corrected chi connectivity index (χ3v) is 4.18. The number of benzene rings is 2. The fourth-order valence-corrected chi connectivity index (χ4v) is 2.76. The standard InChI is InChI=1S/C21H24N2O2/c1-14(2)11-12-25-21-20(24)22-18-10-9-15(3)13-17(18)19(23-21)16-7-5-4-6-8-16/h4-10,13-14,21H,11-12H2,1-3H3,(H,22,24). The van der Waals surface area contributed by atoms with E-state index in [1.54, 1.807) is 0 Å². The van der Waals surface area contributed by atoms with E-state index in [1.807, 2.05) is 49.4 Å². The zero-order chi connectivity index (χ0) is 17.8. The summed E-state index contributed by atoms with van der Waals surface area (Å²) in [6, 6.07) is 15.9. The minimum Gasteiger partial charge on any atom is -0.348 e. The minimum atomic E-state index is -0.832. The molecule has 1 aliphatic heterocycles. The summed E-state index contributed by atoms with van der Waals surface area (Å²) in [5.74, 6) is 0.297. The Morgan fingerprint density at radius 3 is 2.64 bits per heavy atom. The number of carbonyl (C=O) groups is 1. The second-order valence-electron chi connectivity index (χ2n) is 6.79. The number of carbonyl (C=O) groups excluding carboxylic acids is 1. The largest absolute Gasteiger partial charge is 0.348 e. The number of nitrogens with zero attached hydrogens (tertiary/aromatic N) is 1. The molecule has 1 unspecified atom stereocenters. The SMILES string of the molecule is Cc1ccc2c(c1)C(c1ccccc1)=NC(OCCC(C)C)C(=O)N2. The van der Waals surface area contributed by atoms with Gasteiger partial charge in [-0.15, -0.1) is 0 Å². The van der Waals surface area contributed by atoms with Crippen LogP contribution in [0.15, 0.2) is 53.5 Å². The fourth-order valence-electron chi connectivity index (χ4n) is 2.76. The summed E-state index contributed by atoms with van der Waals surface area (Å²) < 4.78 is 5.80. The zero-order valence-corrected chi connectivity index (χ0v) is 15.0. The van der Waals surface area contributed by atoms with E-state index in [-0.39, 0.29) is 5.91 Å². The number of hydrogen-bond acceptors (Lipinski definition) is 3. The maximum atomic E-state index is 12.6. The Bertz CT molecular complexity index is 782. The molecule has 0 aromatic heterocycles. The van der Waals surface area contributed by atoms with Crippen molar-refractivity contribution in [1.29, 1.82) is 0 Å². The summed E-state index contributed by atoms with van der Waals surface area (Å²) in [4.78, 5) is 17.3. The van der Waals surface area contributed by atoms with E-state index in [4.69, 9.17) is 4.74 Å². The number of rotatable bonds is 5. The van der Waals surface area contributed by atoms with Crippen LogP contribution in [0.3, 0.4) is 0 Å². The number of aryl methyl sites for hydroxylation is 1. The van der Waals surface area contributed by atoms with Gasteiger partial charge in [-0.05, 0) is 31.4 Å². The van der Waals surface area contributed by atoms with Crippen LogP contribution in [0.25, 0.3) is 0 Å². The van der Waals surface area contributed by atoms with Gasteiger partial charge >= 0.3 is 0 Å². The first kappa shape index (κ1) is 17.4. The molecule has 4 heteroatoms. The van der Waals surface area contributed by atoms with Crippen molar-refractivity contribution in [2.24, 2.45) is 10.9 Å². The highest BCUT2D eigenvalue weighted by Crippen LogP contribution is 2.25. The lowest BCUT2D eigenvalue weighted by Gasteiger charge is -2.13. The Labute approximate surface area is 148 Å². The minimum absolute atomic E-state index is 0.222.